The molecule has 0 aromatic heterocycles. The zero-order valence-electron chi connectivity index (χ0n) is 10.1. The quantitative estimate of drug-likeness (QED) is 0.864. The molecule has 1 aromatic rings. The second-order valence-electron chi connectivity index (χ2n) is 4.95. The smallest absolute Gasteiger partial charge is 0.231 e. The van der Waals surface area contributed by atoms with Crippen molar-refractivity contribution in [3.05, 3.63) is 21.7 Å². The molecular weight excluding hydrogens is 282 g/mol. The molecule has 3 rings (SSSR count). The van der Waals surface area contributed by atoms with Gasteiger partial charge in [0, 0.05) is 15.6 Å². The number of hydrogen-bond acceptors (Lipinski definition) is 3. The van der Waals surface area contributed by atoms with E-state index >= 15 is 0 Å². The summed E-state index contributed by atoms with van der Waals surface area (Å²) in [6.45, 7) is 5.77. The van der Waals surface area contributed by atoms with Crippen LogP contribution in [0, 0.1) is 6.92 Å². The molecular formula is C13H16BrNO2. The van der Waals surface area contributed by atoms with Gasteiger partial charge in [0.05, 0.1) is 0 Å². The molecule has 17 heavy (non-hydrogen) atoms. The van der Waals surface area contributed by atoms with Crippen molar-refractivity contribution in [2.24, 2.45) is 0 Å². The van der Waals surface area contributed by atoms with Gasteiger partial charge in [-0.05, 0) is 44.9 Å². The molecule has 1 saturated heterocycles. The van der Waals surface area contributed by atoms with Crippen LogP contribution in [0.3, 0.4) is 0 Å². The summed E-state index contributed by atoms with van der Waals surface area (Å²) in [6.07, 6.45) is 2.35. The molecule has 1 N–H and O–H groups in total. The third kappa shape index (κ3) is 1.66. The van der Waals surface area contributed by atoms with Crippen molar-refractivity contribution in [2.75, 3.05) is 13.3 Å². The van der Waals surface area contributed by atoms with Gasteiger partial charge in [-0.2, -0.15) is 0 Å². The number of fused-ring (bicyclic) bond motifs is 1. The number of benzene rings is 1. The Labute approximate surface area is 110 Å². The molecule has 2 aliphatic rings. The van der Waals surface area contributed by atoms with E-state index in [0.29, 0.717) is 6.79 Å². The molecule has 1 aromatic carbocycles. The normalized spacial score (nSPS) is 26.5. The third-order valence-electron chi connectivity index (χ3n) is 3.78. The predicted octanol–water partition coefficient (Wildman–Crippen LogP) is 3.08. The lowest BCUT2D eigenvalue weighted by molar-refractivity contribution is 0.171. The number of nitrogens with one attached hydrogen (secondary N) is 1. The van der Waals surface area contributed by atoms with E-state index in [1.165, 1.54) is 17.5 Å². The van der Waals surface area contributed by atoms with E-state index in [-0.39, 0.29) is 5.54 Å². The van der Waals surface area contributed by atoms with Crippen LogP contribution in [-0.2, 0) is 5.54 Å². The molecule has 1 atom stereocenters. The van der Waals surface area contributed by atoms with Gasteiger partial charge in [0.15, 0.2) is 11.5 Å². The van der Waals surface area contributed by atoms with Crippen LogP contribution >= 0.6 is 15.9 Å². The monoisotopic (exact) mass is 297 g/mol. The fourth-order valence-corrected chi connectivity index (χ4v) is 3.28. The van der Waals surface area contributed by atoms with Gasteiger partial charge in [-0.25, -0.2) is 0 Å². The van der Waals surface area contributed by atoms with Gasteiger partial charge in [0.1, 0.15) is 0 Å². The second-order valence-corrected chi connectivity index (χ2v) is 5.81. The van der Waals surface area contributed by atoms with Crippen molar-refractivity contribution in [3.63, 3.8) is 0 Å². The predicted molar refractivity (Wildman–Crippen MR) is 69.6 cm³/mol. The summed E-state index contributed by atoms with van der Waals surface area (Å²) in [5, 5.41) is 3.59. The summed E-state index contributed by atoms with van der Waals surface area (Å²) in [7, 11) is 0. The van der Waals surface area contributed by atoms with Crippen molar-refractivity contribution >= 4 is 15.9 Å². The number of halogens is 1. The molecule has 0 bridgehead atoms. The Kier molecular flexibility index (Phi) is 2.60. The first-order valence-corrected chi connectivity index (χ1v) is 6.75. The zero-order valence-corrected chi connectivity index (χ0v) is 11.7. The molecule has 1 unspecified atom stereocenters. The van der Waals surface area contributed by atoms with Gasteiger partial charge in [0.25, 0.3) is 0 Å². The van der Waals surface area contributed by atoms with E-state index in [1.807, 2.05) is 6.07 Å². The van der Waals surface area contributed by atoms with Gasteiger partial charge in [-0.3, -0.25) is 0 Å². The van der Waals surface area contributed by atoms with E-state index in [4.69, 9.17) is 9.47 Å². The van der Waals surface area contributed by atoms with Gasteiger partial charge < -0.3 is 14.8 Å². The van der Waals surface area contributed by atoms with Crippen LogP contribution in [-0.4, -0.2) is 13.3 Å². The largest absolute Gasteiger partial charge is 0.454 e. The van der Waals surface area contributed by atoms with Crippen LogP contribution in [0.5, 0.6) is 11.5 Å². The summed E-state index contributed by atoms with van der Waals surface area (Å²) in [5.41, 5.74) is 2.49. The highest BCUT2D eigenvalue weighted by atomic mass is 79.9. The average molecular weight is 298 g/mol. The van der Waals surface area contributed by atoms with Crippen LogP contribution in [0.2, 0.25) is 0 Å². The summed E-state index contributed by atoms with van der Waals surface area (Å²) in [6, 6.07) is 2.00. The van der Waals surface area contributed by atoms with Gasteiger partial charge in [-0.15, -0.1) is 0 Å². The molecule has 2 aliphatic heterocycles. The average Bonchev–Trinajstić information content (AvgIpc) is 2.89. The molecule has 0 radical (unpaired) electrons. The van der Waals surface area contributed by atoms with Crippen molar-refractivity contribution in [3.8, 4) is 11.5 Å². The van der Waals surface area contributed by atoms with Crippen molar-refractivity contribution in [1.82, 2.24) is 5.32 Å². The second kappa shape index (κ2) is 3.89. The molecule has 92 valence electrons. The summed E-state index contributed by atoms with van der Waals surface area (Å²) < 4.78 is 12.2. The van der Waals surface area contributed by atoms with Gasteiger partial charge in [-0.1, -0.05) is 15.9 Å². The number of ether oxygens (including phenoxy) is 2. The molecule has 0 aliphatic carbocycles. The molecule has 0 amide bonds. The molecule has 0 spiro atoms. The molecule has 1 fully saturated rings. The molecule has 2 heterocycles. The van der Waals surface area contributed by atoms with Gasteiger partial charge >= 0.3 is 0 Å². The maximum Gasteiger partial charge on any atom is 0.231 e. The minimum atomic E-state index is 0.00560. The van der Waals surface area contributed by atoms with Crippen LogP contribution in [0.4, 0.5) is 0 Å². The molecule has 0 saturated carbocycles. The Morgan fingerprint density at radius 1 is 1.41 bits per heavy atom. The topological polar surface area (TPSA) is 30.5 Å². The standard InChI is InChI=1S/C13H16BrNO2/c1-8-9(14)6-10-12(17-7-16-10)11(8)13(2)4-3-5-15-13/h6,15H,3-5,7H2,1-2H3. The lowest BCUT2D eigenvalue weighted by atomic mass is 9.86. The van der Waals surface area contributed by atoms with Crippen molar-refractivity contribution in [2.45, 2.75) is 32.2 Å². The first-order chi connectivity index (χ1) is 8.12. The minimum absolute atomic E-state index is 0.00560. The maximum absolute atomic E-state index is 5.66. The summed E-state index contributed by atoms with van der Waals surface area (Å²) in [5.74, 6) is 1.77. The Balaban J connectivity index is 2.21. The maximum atomic E-state index is 5.66. The van der Waals surface area contributed by atoms with E-state index < -0.39 is 0 Å². The lowest BCUT2D eigenvalue weighted by Crippen LogP contribution is -2.34. The fraction of sp³-hybridized carbons (Fsp3) is 0.538. The Hall–Kier alpha value is -0.740. The minimum Gasteiger partial charge on any atom is -0.454 e. The first kappa shape index (κ1) is 11.4. The van der Waals surface area contributed by atoms with Crippen molar-refractivity contribution < 1.29 is 9.47 Å². The zero-order chi connectivity index (χ0) is 12.0. The number of rotatable bonds is 1. The summed E-state index contributed by atoms with van der Waals surface area (Å²) in [4.78, 5) is 0. The highest BCUT2D eigenvalue weighted by Gasteiger charge is 2.37. The Morgan fingerprint density at radius 2 is 2.24 bits per heavy atom. The molecule has 3 nitrogen and oxygen atoms in total. The van der Waals surface area contributed by atoms with Crippen LogP contribution in [0.25, 0.3) is 0 Å². The highest BCUT2D eigenvalue weighted by Crippen LogP contribution is 2.47. The van der Waals surface area contributed by atoms with E-state index in [2.05, 4.69) is 35.1 Å². The highest BCUT2D eigenvalue weighted by molar-refractivity contribution is 9.10. The summed E-state index contributed by atoms with van der Waals surface area (Å²) >= 11 is 3.61. The lowest BCUT2D eigenvalue weighted by Gasteiger charge is -2.28. The molecule has 4 heteroatoms. The van der Waals surface area contributed by atoms with E-state index in [0.717, 1.165) is 28.9 Å². The Bertz CT molecular complexity index is 467. The first-order valence-electron chi connectivity index (χ1n) is 5.96. The fourth-order valence-electron chi connectivity index (χ4n) is 2.88. The van der Waals surface area contributed by atoms with E-state index in [9.17, 15) is 0 Å². The SMILES string of the molecule is Cc1c(Br)cc2c(c1C1(C)CCCN1)OCO2. The van der Waals surface area contributed by atoms with Crippen molar-refractivity contribution in [1.29, 1.82) is 0 Å². The van der Waals surface area contributed by atoms with Gasteiger partial charge in [0.2, 0.25) is 6.79 Å². The Morgan fingerprint density at radius 3 is 2.94 bits per heavy atom. The van der Waals surface area contributed by atoms with Crippen LogP contribution < -0.4 is 14.8 Å². The third-order valence-corrected chi connectivity index (χ3v) is 4.60. The van der Waals surface area contributed by atoms with Crippen LogP contribution in [0.15, 0.2) is 10.5 Å². The van der Waals surface area contributed by atoms with E-state index in [1.54, 1.807) is 0 Å². The number of hydrogen-bond donors (Lipinski definition) is 1. The van der Waals surface area contributed by atoms with Crippen LogP contribution in [0.1, 0.15) is 30.9 Å².